The van der Waals surface area contributed by atoms with Gasteiger partial charge in [-0.05, 0) is 59.7 Å². The maximum absolute atomic E-state index is 13.1. The van der Waals surface area contributed by atoms with Crippen molar-refractivity contribution >= 4 is 38.4 Å². The van der Waals surface area contributed by atoms with Crippen molar-refractivity contribution in [2.75, 3.05) is 39.1 Å². The van der Waals surface area contributed by atoms with Crippen LogP contribution in [0.25, 0.3) is 11.4 Å². The molecule has 0 aliphatic carbocycles. The minimum Gasteiger partial charge on any atom is -0.322 e. The number of hydrogen-bond donors (Lipinski definition) is 2. The lowest BCUT2D eigenvalue weighted by Crippen LogP contribution is -2.13. The largest absolute Gasteiger partial charge is 0.334 e. The zero-order valence-corrected chi connectivity index (χ0v) is 26.3. The maximum atomic E-state index is 13.1. The van der Waals surface area contributed by atoms with Gasteiger partial charge in [-0.3, -0.25) is 28.7 Å². The number of anilines is 2. The molecule has 0 unspecified atom stereocenters. The summed E-state index contributed by atoms with van der Waals surface area (Å²) in [6, 6.07) is 20.0. The predicted octanol–water partition coefficient (Wildman–Crippen LogP) is 6.62. The Hall–Kier alpha value is -4.02. The lowest BCUT2D eigenvalue weighted by Gasteiger charge is -2.14. The highest BCUT2D eigenvalue weighted by atomic mass is 31.2. The molecular weight excluding hydrogens is 606 g/mol. The van der Waals surface area contributed by atoms with Gasteiger partial charge in [0.1, 0.15) is 0 Å². The summed E-state index contributed by atoms with van der Waals surface area (Å²) in [4.78, 5) is 34.8. The summed E-state index contributed by atoms with van der Waals surface area (Å²) in [5, 5.41) is 5.65. The monoisotopic (exact) mass is 638 g/mol. The molecule has 2 heterocycles. The van der Waals surface area contributed by atoms with E-state index in [9.17, 15) is 18.7 Å². The van der Waals surface area contributed by atoms with E-state index in [1.165, 1.54) is 40.8 Å². The van der Waals surface area contributed by atoms with E-state index in [4.69, 9.17) is 18.1 Å². The Morgan fingerprint density at radius 3 is 1.36 bits per heavy atom. The van der Waals surface area contributed by atoms with Crippen LogP contribution in [-0.2, 0) is 39.5 Å². The smallest absolute Gasteiger partial charge is 0.322 e. The molecule has 0 atom stereocenters. The van der Waals surface area contributed by atoms with Gasteiger partial charge in [0, 0.05) is 63.3 Å². The highest BCUT2D eigenvalue weighted by Gasteiger charge is 2.23. The lowest BCUT2D eigenvalue weighted by molar-refractivity contribution is 0.101. The van der Waals surface area contributed by atoms with E-state index in [-0.39, 0.29) is 12.3 Å². The third kappa shape index (κ3) is 8.54. The molecule has 0 saturated heterocycles. The van der Waals surface area contributed by atoms with Crippen LogP contribution >= 0.6 is 15.2 Å². The Balaban J connectivity index is 1.47. The van der Waals surface area contributed by atoms with Crippen molar-refractivity contribution in [3.05, 3.63) is 107 Å². The minimum atomic E-state index is -3.28. The quantitative estimate of drug-likeness (QED) is 0.153. The number of pyridine rings is 2. The van der Waals surface area contributed by atoms with Gasteiger partial charge < -0.3 is 28.7 Å². The number of nitrogens with one attached hydrogen (secondary N) is 2. The second-order valence-corrected chi connectivity index (χ2v) is 14.0. The molecule has 0 radical (unpaired) electrons. The molecule has 0 fully saturated rings. The number of carbonyl (C=O) groups is 2. The van der Waals surface area contributed by atoms with Crippen LogP contribution in [0.3, 0.4) is 0 Å². The van der Waals surface area contributed by atoms with Crippen LogP contribution in [0.4, 0.5) is 11.4 Å². The normalized spacial score (nSPS) is 11.6. The van der Waals surface area contributed by atoms with Crippen molar-refractivity contribution < 1.29 is 36.8 Å². The molecular formula is C30H32N4O8P2. The van der Waals surface area contributed by atoms with Crippen molar-refractivity contribution in [1.29, 1.82) is 0 Å². The topological polar surface area (TPSA) is 155 Å². The number of hydrogen-bond acceptors (Lipinski definition) is 10. The van der Waals surface area contributed by atoms with Crippen molar-refractivity contribution in [3.63, 3.8) is 0 Å². The van der Waals surface area contributed by atoms with Crippen LogP contribution in [0.5, 0.6) is 0 Å². The average Bonchev–Trinajstić information content (AvgIpc) is 3.05. The van der Waals surface area contributed by atoms with Gasteiger partial charge in [0.05, 0.1) is 23.7 Å². The second-order valence-electron chi connectivity index (χ2n) is 9.44. The molecule has 2 amide bonds. The zero-order valence-electron chi connectivity index (χ0n) is 24.6. The summed E-state index contributed by atoms with van der Waals surface area (Å²) in [6.07, 6.45) is 3.06. The standard InChI is InChI=1S/C30H32N4O8P2/c1-39-43(37,40-2)19-21-7-5-9-25(15-21)33-29(35)23-11-13-31-27(17-23)28-18-24(12-14-32-28)30(36)34-26-10-6-8-22(16-26)20-44(38,41-3)42-4/h5-18H,19-20H2,1-4H3,(H,33,35)(H,34,36). The molecule has 14 heteroatoms. The fourth-order valence-corrected chi connectivity index (χ4v) is 6.28. The van der Waals surface area contributed by atoms with Gasteiger partial charge in [0.2, 0.25) is 0 Å². The van der Waals surface area contributed by atoms with E-state index in [0.29, 0.717) is 45.0 Å². The maximum Gasteiger partial charge on any atom is 0.334 e. The SMILES string of the molecule is COP(=O)(Cc1cccc(NC(=O)c2ccnc(-c3cc(C(=O)Nc4cccc(CP(=O)(OC)OC)c4)ccn3)c2)c1)OC. The Labute approximate surface area is 255 Å². The Morgan fingerprint density at radius 1 is 0.614 bits per heavy atom. The number of aromatic nitrogens is 2. The fourth-order valence-electron chi connectivity index (χ4n) is 4.18. The molecule has 0 spiro atoms. The summed E-state index contributed by atoms with van der Waals surface area (Å²) >= 11 is 0. The van der Waals surface area contributed by atoms with Crippen molar-refractivity contribution in [2.24, 2.45) is 0 Å². The van der Waals surface area contributed by atoms with Crippen LogP contribution in [0.1, 0.15) is 31.8 Å². The molecule has 2 aromatic heterocycles. The number of amides is 2. The van der Waals surface area contributed by atoms with Gasteiger partial charge in [0.25, 0.3) is 11.8 Å². The Morgan fingerprint density at radius 2 is 1.00 bits per heavy atom. The van der Waals surface area contributed by atoms with Gasteiger partial charge in [-0.1, -0.05) is 24.3 Å². The van der Waals surface area contributed by atoms with Gasteiger partial charge in [0.15, 0.2) is 0 Å². The number of benzene rings is 2. The summed E-state index contributed by atoms with van der Waals surface area (Å²) in [5.41, 5.74) is 3.74. The van der Waals surface area contributed by atoms with E-state index in [1.807, 2.05) is 0 Å². The highest BCUT2D eigenvalue weighted by molar-refractivity contribution is 7.53. The zero-order chi connectivity index (χ0) is 31.7. The molecule has 2 N–H and O–H groups in total. The summed E-state index contributed by atoms with van der Waals surface area (Å²) in [5.74, 6) is -0.791. The highest BCUT2D eigenvalue weighted by Crippen LogP contribution is 2.50. The molecule has 0 aliphatic heterocycles. The first-order valence-electron chi connectivity index (χ1n) is 13.2. The van der Waals surface area contributed by atoms with Crippen molar-refractivity contribution in [2.45, 2.75) is 12.3 Å². The van der Waals surface area contributed by atoms with Gasteiger partial charge in [-0.25, -0.2) is 0 Å². The predicted molar refractivity (Wildman–Crippen MR) is 167 cm³/mol. The molecule has 12 nitrogen and oxygen atoms in total. The number of carbonyl (C=O) groups excluding carboxylic acids is 2. The molecule has 4 aromatic rings. The summed E-state index contributed by atoms with van der Waals surface area (Å²) in [6.45, 7) is 0. The van der Waals surface area contributed by atoms with E-state index in [1.54, 1.807) is 72.8 Å². The van der Waals surface area contributed by atoms with Crippen molar-refractivity contribution in [3.8, 4) is 11.4 Å². The van der Waals surface area contributed by atoms with Crippen LogP contribution in [0.2, 0.25) is 0 Å². The Bertz CT molecular complexity index is 1610. The first-order valence-corrected chi connectivity index (χ1v) is 16.7. The number of nitrogens with zero attached hydrogens (tertiary/aromatic N) is 2. The third-order valence-corrected chi connectivity index (χ3v) is 10.3. The van der Waals surface area contributed by atoms with E-state index >= 15 is 0 Å². The van der Waals surface area contributed by atoms with Crippen molar-refractivity contribution in [1.82, 2.24) is 9.97 Å². The molecule has 4 rings (SSSR count). The van der Waals surface area contributed by atoms with Crippen LogP contribution < -0.4 is 10.6 Å². The van der Waals surface area contributed by atoms with Crippen LogP contribution in [0.15, 0.2) is 85.2 Å². The number of rotatable bonds is 13. The average molecular weight is 639 g/mol. The van der Waals surface area contributed by atoms with E-state index in [2.05, 4.69) is 20.6 Å². The molecule has 0 bridgehead atoms. The minimum absolute atomic E-state index is 0.0495. The summed E-state index contributed by atoms with van der Waals surface area (Å²) in [7, 11) is -1.27. The molecule has 0 aliphatic rings. The molecule has 230 valence electrons. The van der Waals surface area contributed by atoms with Gasteiger partial charge >= 0.3 is 15.2 Å². The Kier molecular flexibility index (Phi) is 10.9. The first-order chi connectivity index (χ1) is 21.1. The second kappa shape index (κ2) is 14.6. The van der Waals surface area contributed by atoms with E-state index < -0.39 is 27.0 Å². The summed E-state index contributed by atoms with van der Waals surface area (Å²) < 4.78 is 45.0. The van der Waals surface area contributed by atoms with Crippen LogP contribution in [-0.4, -0.2) is 50.2 Å². The van der Waals surface area contributed by atoms with Crippen LogP contribution in [0, 0.1) is 0 Å². The molecule has 2 aromatic carbocycles. The first kappa shape index (κ1) is 32.9. The van der Waals surface area contributed by atoms with E-state index in [0.717, 1.165) is 0 Å². The third-order valence-electron chi connectivity index (χ3n) is 6.54. The lowest BCUT2D eigenvalue weighted by atomic mass is 10.1. The fraction of sp³-hybridized carbons (Fsp3) is 0.200. The van der Waals surface area contributed by atoms with Gasteiger partial charge in [-0.2, -0.15) is 0 Å². The molecule has 44 heavy (non-hydrogen) atoms. The van der Waals surface area contributed by atoms with Gasteiger partial charge in [-0.15, -0.1) is 0 Å². The molecule has 0 saturated carbocycles.